The topological polar surface area (TPSA) is 105 Å². The molecule has 0 bridgehead atoms. The Morgan fingerprint density at radius 3 is 2.65 bits per heavy atom. The summed E-state index contributed by atoms with van der Waals surface area (Å²) in [5, 5.41) is 17.5. The molecule has 26 heavy (non-hydrogen) atoms. The van der Waals surface area contributed by atoms with Gasteiger partial charge in [-0.3, -0.25) is 15.5 Å². The summed E-state index contributed by atoms with van der Waals surface area (Å²) in [5.41, 5.74) is 3.18. The van der Waals surface area contributed by atoms with Crippen LogP contribution in [0, 0.1) is 10.1 Å². The molecule has 8 nitrogen and oxygen atoms in total. The molecule has 1 fully saturated rings. The Labute approximate surface area is 155 Å². The standard InChI is InChI=1S/C16H18N4O4S2/c1-12(16-5-4-10-25-16)17-18-14-7-6-13(11-15(14)20(21)22)26(23,24)19-8-2-3-9-19/h4-7,10-11,18H,2-3,8-9H2,1H3. The van der Waals surface area contributed by atoms with Crippen molar-refractivity contribution in [2.45, 2.75) is 24.7 Å². The van der Waals surface area contributed by atoms with E-state index >= 15 is 0 Å². The highest BCUT2D eigenvalue weighted by Gasteiger charge is 2.29. The molecule has 1 aliphatic heterocycles. The van der Waals surface area contributed by atoms with Gasteiger partial charge in [0.15, 0.2) is 0 Å². The first-order chi connectivity index (χ1) is 12.4. The average Bonchev–Trinajstić information content (AvgIpc) is 3.32. The van der Waals surface area contributed by atoms with E-state index in [-0.39, 0.29) is 16.3 Å². The smallest absolute Gasteiger partial charge is 0.271 e. The van der Waals surface area contributed by atoms with Crippen molar-refractivity contribution in [1.29, 1.82) is 0 Å². The minimum Gasteiger partial charge on any atom is -0.271 e. The number of hydrogen-bond acceptors (Lipinski definition) is 7. The highest BCUT2D eigenvalue weighted by molar-refractivity contribution is 7.89. The molecule has 10 heteroatoms. The fourth-order valence-electron chi connectivity index (χ4n) is 2.68. The number of nitro groups is 1. The van der Waals surface area contributed by atoms with Crippen LogP contribution >= 0.6 is 11.3 Å². The molecule has 0 radical (unpaired) electrons. The second-order valence-corrected chi connectivity index (χ2v) is 8.72. The highest BCUT2D eigenvalue weighted by atomic mass is 32.2. The van der Waals surface area contributed by atoms with Gasteiger partial charge < -0.3 is 0 Å². The Kier molecular flexibility index (Phi) is 5.35. The van der Waals surface area contributed by atoms with Crippen LogP contribution < -0.4 is 5.43 Å². The summed E-state index contributed by atoms with van der Waals surface area (Å²) >= 11 is 1.51. The van der Waals surface area contributed by atoms with Crippen LogP contribution in [0.2, 0.25) is 0 Å². The van der Waals surface area contributed by atoms with Crippen LogP contribution in [0.1, 0.15) is 24.6 Å². The fourth-order valence-corrected chi connectivity index (χ4v) is 4.89. The molecule has 138 valence electrons. The Bertz CT molecular complexity index is 933. The molecule has 3 rings (SSSR count). The van der Waals surface area contributed by atoms with Crippen LogP contribution in [0.25, 0.3) is 0 Å². The predicted octanol–water partition coefficient (Wildman–Crippen LogP) is 3.28. The monoisotopic (exact) mass is 394 g/mol. The number of nitrogens with zero attached hydrogens (tertiary/aromatic N) is 3. The molecule has 1 aromatic heterocycles. The van der Waals surface area contributed by atoms with Crippen LogP contribution in [0.15, 0.2) is 45.7 Å². The van der Waals surface area contributed by atoms with Gasteiger partial charge >= 0.3 is 0 Å². The summed E-state index contributed by atoms with van der Waals surface area (Å²) in [6, 6.07) is 7.63. The highest BCUT2D eigenvalue weighted by Crippen LogP contribution is 2.30. The van der Waals surface area contributed by atoms with Crippen LogP contribution in [0.4, 0.5) is 11.4 Å². The molecular weight excluding hydrogens is 376 g/mol. The second kappa shape index (κ2) is 7.52. The van der Waals surface area contributed by atoms with Crippen molar-refractivity contribution >= 4 is 38.4 Å². The van der Waals surface area contributed by atoms with Gasteiger partial charge in [-0.05, 0) is 43.3 Å². The fraction of sp³-hybridized carbons (Fsp3) is 0.312. The van der Waals surface area contributed by atoms with Gasteiger partial charge in [0, 0.05) is 24.0 Å². The maximum atomic E-state index is 12.6. The zero-order chi connectivity index (χ0) is 18.7. The number of nitrogens with one attached hydrogen (secondary N) is 1. The van der Waals surface area contributed by atoms with Gasteiger partial charge in [-0.1, -0.05) is 6.07 Å². The first-order valence-corrected chi connectivity index (χ1v) is 10.3. The number of nitro benzene ring substituents is 1. The lowest BCUT2D eigenvalue weighted by atomic mass is 10.3. The van der Waals surface area contributed by atoms with E-state index in [4.69, 9.17) is 0 Å². The molecule has 0 unspecified atom stereocenters. The summed E-state index contributed by atoms with van der Waals surface area (Å²) in [6.45, 7) is 2.68. The molecule has 0 atom stereocenters. The van der Waals surface area contributed by atoms with Gasteiger partial charge in [-0.2, -0.15) is 9.41 Å². The number of hydrazone groups is 1. The number of anilines is 1. The lowest BCUT2D eigenvalue weighted by Crippen LogP contribution is -2.27. The van der Waals surface area contributed by atoms with Crippen molar-refractivity contribution < 1.29 is 13.3 Å². The molecule has 1 aromatic carbocycles. The molecule has 0 saturated carbocycles. The number of rotatable bonds is 6. The van der Waals surface area contributed by atoms with E-state index in [0.29, 0.717) is 18.8 Å². The van der Waals surface area contributed by atoms with E-state index in [2.05, 4.69) is 10.5 Å². The third kappa shape index (κ3) is 3.76. The molecule has 2 aromatic rings. The zero-order valence-corrected chi connectivity index (χ0v) is 15.7. The molecule has 1 aliphatic rings. The largest absolute Gasteiger partial charge is 0.295 e. The Hall–Kier alpha value is -2.30. The van der Waals surface area contributed by atoms with Gasteiger partial charge in [0.1, 0.15) is 5.69 Å². The third-order valence-corrected chi connectivity index (χ3v) is 6.96. The summed E-state index contributed by atoms with van der Waals surface area (Å²) in [5.74, 6) is 0. The number of hydrogen-bond donors (Lipinski definition) is 1. The Morgan fingerprint density at radius 1 is 1.31 bits per heavy atom. The van der Waals surface area contributed by atoms with Crippen LogP contribution in [-0.4, -0.2) is 36.4 Å². The van der Waals surface area contributed by atoms with Crippen LogP contribution in [0.3, 0.4) is 0 Å². The molecule has 1 N–H and O–H groups in total. The van der Waals surface area contributed by atoms with E-state index in [1.807, 2.05) is 17.5 Å². The molecule has 0 amide bonds. The van der Waals surface area contributed by atoms with Gasteiger partial charge in [0.2, 0.25) is 10.0 Å². The molecular formula is C16H18N4O4S2. The van der Waals surface area contributed by atoms with Gasteiger partial charge in [0.25, 0.3) is 5.69 Å². The number of thiophene rings is 1. The molecule has 2 heterocycles. The predicted molar refractivity (Wildman–Crippen MR) is 101 cm³/mol. The zero-order valence-electron chi connectivity index (χ0n) is 14.1. The van der Waals surface area contributed by atoms with E-state index in [1.54, 1.807) is 6.92 Å². The minimum absolute atomic E-state index is 0.0735. The summed E-state index contributed by atoms with van der Waals surface area (Å²) in [7, 11) is -3.71. The number of benzene rings is 1. The van der Waals surface area contributed by atoms with Crippen LogP contribution in [-0.2, 0) is 10.0 Å². The third-order valence-electron chi connectivity index (χ3n) is 4.09. The first-order valence-electron chi connectivity index (χ1n) is 8.02. The summed E-state index contributed by atoms with van der Waals surface area (Å²) < 4.78 is 26.6. The van der Waals surface area contributed by atoms with Crippen LogP contribution in [0.5, 0.6) is 0 Å². The molecule has 1 saturated heterocycles. The summed E-state index contributed by atoms with van der Waals surface area (Å²) in [4.78, 5) is 11.7. The lowest BCUT2D eigenvalue weighted by Gasteiger charge is -2.15. The van der Waals surface area contributed by atoms with Crippen molar-refractivity contribution in [2.24, 2.45) is 5.10 Å². The molecule has 0 spiro atoms. The van der Waals surface area contributed by atoms with Crippen molar-refractivity contribution in [3.8, 4) is 0 Å². The van der Waals surface area contributed by atoms with Gasteiger partial charge in [-0.25, -0.2) is 8.42 Å². The minimum atomic E-state index is -3.71. The average molecular weight is 394 g/mol. The van der Waals surface area contributed by atoms with E-state index in [1.165, 1.54) is 27.8 Å². The van der Waals surface area contributed by atoms with Crippen molar-refractivity contribution in [2.75, 3.05) is 18.5 Å². The van der Waals surface area contributed by atoms with Crippen molar-refractivity contribution in [3.05, 3.63) is 50.7 Å². The first kappa shape index (κ1) is 18.5. The number of sulfonamides is 1. The second-order valence-electron chi connectivity index (χ2n) is 5.83. The normalized spacial score (nSPS) is 16.0. The van der Waals surface area contributed by atoms with E-state index in [9.17, 15) is 18.5 Å². The summed E-state index contributed by atoms with van der Waals surface area (Å²) in [6.07, 6.45) is 1.61. The Balaban J connectivity index is 1.90. The Morgan fingerprint density at radius 2 is 2.04 bits per heavy atom. The molecule has 0 aliphatic carbocycles. The van der Waals surface area contributed by atoms with E-state index < -0.39 is 14.9 Å². The SMILES string of the molecule is CC(=NNc1ccc(S(=O)(=O)N2CCCC2)cc1[N+](=O)[O-])c1cccs1. The van der Waals surface area contributed by atoms with Gasteiger partial charge in [-0.15, -0.1) is 11.3 Å². The van der Waals surface area contributed by atoms with Gasteiger partial charge in [0.05, 0.1) is 15.5 Å². The lowest BCUT2D eigenvalue weighted by molar-refractivity contribution is -0.384. The van der Waals surface area contributed by atoms with Crippen molar-refractivity contribution in [1.82, 2.24) is 4.31 Å². The maximum absolute atomic E-state index is 12.6. The van der Waals surface area contributed by atoms with Crippen molar-refractivity contribution in [3.63, 3.8) is 0 Å². The van der Waals surface area contributed by atoms with E-state index in [0.717, 1.165) is 23.8 Å². The quantitative estimate of drug-likeness (QED) is 0.460. The maximum Gasteiger partial charge on any atom is 0.295 e.